The Morgan fingerprint density at radius 1 is 1.00 bits per heavy atom. The Bertz CT molecular complexity index is 1170. The van der Waals surface area contributed by atoms with Crippen LogP contribution in [0.15, 0.2) is 48.5 Å². The van der Waals surface area contributed by atoms with Crippen molar-refractivity contribution in [2.24, 2.45) is 0 Å². The molecule has 1 aliphatic heterocycles. The fourth-order valence-electron chi connectivity index (χ4n) is 4.45. The van der Waals surface area contributed by atoms with Gasteiger partial charge >= 0.3 is 0 Å². The Morgan fingerprint density at radius 2 is 1.74 bits per heavy atom. The van der Waals surface area contributed by atoms with Gasteiger partial charge in [-0.15, -0.1) is 0 Å². The molecule has 0 radical (unpaired) electrons. The zero-order chi connectivity index (χ0) is 27.5. The fraction of sp³-hybridized carbons (Fsp3) is 0.500. The smallest absolute Gasteiger partial charge is 0.242 e. The van der Waals surface area contributed by atoms with Gasteiger partial charge in [0.25, 0.3) is 0 Å². The predicted octanol–water partition coefficient (Wildman–Crippen LogP) is 3.73. The molecule has 2 aromatic carbocycles. The number of carbonyl (C=O) groups is 2. The van der Waals surface area contributed by atoms with Crippen LogP contribution in [0, 0.1) is 0 Å². The van der Waals surface area contributed by atoms with Gasteiger partial charge in [0.15, 0.2) is 11.5 Å². The molecule has 0 aromatic heterocycles. The molecule has 10 heteroatoms. The zero-order valence-electron chi connectivity index (χ0n) is 22.5. The van der Waals surface area contributed by atoms with Gasteiger partial charge in [0.1, 0.15) is 6.04 Å². The van der Waals surface area contributed by atoms with Crippen LogP contribution >= 0.6 is 0 Å². The van der Waals surface area contributed by atoms with Crippen LogP contribution in [0.3, 0.4) is 0 Å². The standard InChI is InChI=1S/C28H39N3O6S/c1-4-6-17-29-28(33)24(5-2)30(19-16-22-11-8-7-9-12-22)27(32)13-10-18-31(38(3,34)35)23-14-15-25-26(20-23)37-21-36-25/h7-9,11-12,14-15,20,24H,4-6,10,13,16-19,21H2,1-3H3,(H,29,33)/t24-/m0/s1. The largest absolute Gasteiger partial charge is 0.454 e. The van der Waals surface area contributed by atoms with Crippen LogP contribution in [-0.2, 0) is 26.0 Å². The first-order valence-corrected chi connectivity index (χ1v) is 15.1. The molecule has 1 N–H and O–H groups in total. The highest BCUT2D eigenvalue weighted by Crippen LogP contribution is 2.36. The number of anilines is 1. The number of nitrogens with one attached hydrogen (secondary N) is 1. The third-order valence-corrected chi connectivity index (χ3v) is 7.69. The molecule has 0 spiro atoms. The van der Waals surface area contributed by atoms with Gasteiger partial charge in [0.05, 0.1) is 11.9 Å². The third-order valence-electron chi connectivity index (χ3n) is 6.50. The Labute approximate surface area is 226 Å². The van der Waals surface area contributed by atoms with Gasteiger partial charge in [-0.05, 0) is 43.4 Å². The van der Waals surface area contributed by atoms with Gasteiger partial charge < -0.3 is 19.7 Å². The molecule has 9 nitrogen and oxygen atoms in total. The van der Waals surface area contributed by atoms with Crippen LogP contribution in [0.4, 0.5) is 5.69 Å². The molecule has 3 rings (SSSR count). The van der Waals surface area contributed by atoms with E-state index in [4.69, 9.17) is 9.47 Å². The lowest BCUT2D eigenvalue weighted by molar-refractivity contribution is -0.140. The summed E-state index contributed by atoms with van der Waals surface area (Å²) in [6.45, 7) is 5.15. The van der Waals surface area contributed by atoms with E-state index in [0.717, 1.165) is 24.7 Å². The molecular formula is C28H39N3O6S. The molecule has 38 heavy (non-hydrogen) atoms. The van der Waals surface area contributed by atoms with Gasteiger partial charge in [-0.2, -0.15) is 0 Å². The summed E-state index contributed by atoms with van der Waals surface area (Å²) in [5.41, 5.74) is 1.53. The number of carbonyl (C=O) groups excluding carboxylic acids is 2. The molecule has 0 aliphatic carbocycles. The maximum atomic E-state index is 13.5. The highest BCUT2D eigenvalue weighted by molar-refractivity contribution is 7.92. The van der Waals surface area contributed by atoms with Crippen molar-refractivity contribution in [3.8, 4) is 11.5 Å². The summed E-state index contributed by atoms with van der Waals surface area (Å²) in [4.78, 5) is 28.1. The Morgan fingerprint density at radius 3 is 2.42 bits per heavy atom. The number of rotatable bonds is 15. The highest BCUT2D eigenvalue weighted by Gasteiger charge is 2.28. The number of sulfonamides is 1. The molecule has 1 heterocycles. The molecule has 0 saturated heterocycles. The summed E-state index contributed by atoms with van der Waals surface area (Å²) < 4.78 is 37.1. The van der Waals surface area contributed by atoms with Crippen LogP contribution in [0.2, 0.25) is 0 Å². The number of hydrogen-bond donors (Lipinski definition) is 1. The summed E-state index contributed by atoms with van der Waals surface area (Å²) in [7, 11) is -3.60. The van der Waals surface area contributed by atoms with Gasteiger partial charge in [0.2, 0.25) is 28.6 Å². The van der Waals surface area contributed by atoms with E-state index >= 15 is 0 Å². The molecule has 1 atom stereocenters. The van der Waals surface area contributed by atoms with Crippen LogP contribution in [0.5, 0.6) is 11.5 Å². The van der Waals surface area contributed by atoms with E-state index in [1.54, 1.807) is 23.1 Å². The molecule has 2 aromatic rings. The van der Waals surface area contributed by atoms with Crippen molar-refractivity contribution in [3.63, 3.8) is 0 Å². The van der Waals surface area contributed by atoms with Crippen molar-refractivity contribution in [1.29, 1.82) is 0 Å². The number of benzene rings is 2. The summed E-state index contributed by atoms with van der Waals surface area (Å²) in [6.07, 6.45) is 4.51. The number of ether oxygens (including phenoxy) is 2. The molecule has 2 amide bonds. The van der Waals surface area contributed by atoms with Gasteiger partial charge in [0, 0.05) is 32.1 Å². The minimum atomic E-state index is -3.60. The van der Waals surface area contributed by atoms with Gasteiger partial charge in [-0.25, -0.2) is 8.42 Å². The summed E-state index contributed by atoms with van der Waals surface area (Å²) in [5, 5.41) is 2.96. The topological polar surface area (TPSA) is 105 Å². The number of unbranched alkanes of at least 4 members (excludes halogenated alkanes) is 1. The van der Waals surface area contributed by atoms with E-state index in [-0.39, 0.29) is 31.6 Å². The average Bonchev–Trinajstić information content (AvgIpc) is 3.37. The van der Waals surface area contributed by atoms with Crippen LogP contribution in [0.25, 0.3) is 0 Å². The fourth-order valence-corrected chi connectivity index (χ4v) is 5.40. The Hall–Kier alpha value is -3.27. The summed E-state index contributed by atoms with van der Waals surface area (Å²) in [6, 6.07) is 14.2. The Kier molecular flexibility index (Phi) is 10.8. The monoisotopic (exact) mass is 545 g/mol. The van der Waals surface area contributed by atoms with Crippen LogP contribution in [0.1, 0.15) is 51.5 Å². The molecular weight excluding hydrogens is 506 g/mol. The van der Waals surface area contributed by atoms with E-state index in [1.807, 2.05) is 37.3 Å². The quantitative estimate of drug-likeness (QED) is 0.342. The first-order chi connectivity index (χ1) is 18.2. The highest BCUT2D eigenvalue weighted by atomic mass is 32.2. The number of hydrogen-bond acceptors (Lipinski definition) is 6. The van der Waals surface area contributed by atoms with E-state index in [9.17, 15) is 18.0 Å². The van der Waals surface area contributed by atoms with Crippen molar-refractivity contribution >= 4 is 27.5 Å². The average molecular weight is 546 g/mol. The summed E-state index contributed by atoms with van der Waals surface area (Å²) >= 11 is 0. The minimum absolute atomic E-state index is 0.0929. The van der Waals surface area contributed by atoms with Crippen molar-refractivity contribution in [2.75, 3.05) is 37.0 Å². The second-order valence-corrected chi connectivity index (χ2v) is 11.3. The molecule has 1 aliphatic rings. The second-order valence-electron chi connectivity index (χ2n) is 9.37. The van der Waals surface area contributed by atoms with Crippen molar-refractivity contribution in [1.82, 2.24) is 10.2 Å². The lowest BCUT2D eigenvalue weighted by Crippen LogP contribution is -2.50. The van der Waals surface area contributed by atoms with E-state index in [2.05, 4.69) is 12.2 Å². The number of nitrogens with zero attached hydrogens (tertiary/aromatic N) is 2. The second kappa shape index (κ2) is 14.0. The SMILES string of the molecule is CCCCNC(=O)[C@H](CC)N(CCc1ccccc1)C(=O)CCCN(c1ccc2c(c1)OCO2)S(C)(=O)=O. The van der Waals surface area contributed by atoms with Crippen LogP contribution < -0.4 is 19.1 Å². The first kappa shape index (κ1) is 29.3. The maximum absolute atomic E-state index is 13.5. The molecule has 0 bridgehead atoms. The maximum Gasteiger partial charge on any atom is 0.242 e. The van der Waals surface area contributed by atoms with Crippen molar-refractivity contribution in [2.45, 2.75) is 58.4 Å². The Balaban J connectivity index is 1.70. The molecule has 0 unspecified atom stereocenters. The molecule has 0 fully saturated rings. The molecule has 208 valence electrons. The van der Waals surface area contributed by atoms with Crippen LogP contribution in [-0.4, -0.2) is 63.9 Å². The lowest BCUT2D eigenvalue weighted by atomic mass is 10.1. The van der Waals surface area contributed by atoms with E-state index in [0.29, 0.717) is 49.5 Å². The lowest BCUT2D eigenvalue weighted by Gasteiger charge is -2.31. The van der Waals surface area contributed by atoms with Crippen molar-refractivity contribution < 1.29 is 27.5 Å². The van der Waals surface area contributed by atoms with Crippen molar-refractivity contribution in [3.05, 3.63) is 54.1 Å². The number of fused-ring (bicyclic) bond motifs is 1. The van der Waals surface area contributed by atoms with Gasteiger partial charge in [-0.3, -0.25) is 13.9 Å². The zero-order valence-corrected chi connectivity index (χ0v) is 23.3. The van der Waals surface area contributed by atoms with E-state index < -0.39 is 16.1 Å². The first-order valence-electron chi connectivity index (χ1n) is 13.2. The summed E-state index contributed by atoms with van der Waals surface area (Å²) in [5.74, 6) is 0.728. The predicted molar refractivity (Wildman–Crippen MR) is 148 cm³/mol. The molecule has 0 saturated carbocycles. The normalized spacial score (nSPS) is 13.1. The minimum Gasteiger partial charge on any atom is -0.454 e. The number of amides is 2. The third kappa shape index (κ3) is 8.11. The van der Waals surface area contributed by atoms with Gasteiger partial charge in [-0.1, -0.05) is 50.6 Å². The van der Waals surface area contributed by atoms with E-state index in [1.165, 1.54) is 4.31 Å².